The van der Waals surface area contributed by atoms with Crippen LogP contribution < -0.4 is 11.3 Å². The summed E-state index contributed by atoms with van der Waals surface area (Å²) in [4.78, 5) is 1.30. The number of hydrogen-bond donors (Lipinski definition) is 2. The molecule has 16 heavy (non-hydrogen) atoms. The second-order valence-electron chi connectivity index (χ2n) is 5.15. The zero-order valence-electron chi connectivity index (χ0n) is 9.95. The molecule has 0 amide bonds. The van der Waals surface area contributed by atoms with E-state index in [1.54, 1.807) is 0 Å². The molecule has 0 saturated heterocycles. The van der Waals surface area contributed by atoms with Crippen molar-refractivity contribution in [3.05, 3.63) is 35.2 Å². The fourth-order valence-electron chi connectivity index (χ4n) is 1.90. The summed E-state index contributed by atoms with van der Waals surface area (Å²) < 4.78 is 1.32. The van der Waals surface area contributed by atoms with E-state index in [1.807, 2.05) is 11.3 Å². The van der Waals surface area contributed by atoms with Gasteiger partial charge in [0.15, 0.2) is 0 Å². The standard InChI is InChI=1S/C13H18N2S/c1-13(2,3)12(15-14)11-8-9-6-4-5-7-10(9)16-11/h4-8,12,15H,14H2,1-3H3. The van der Waals surface area contributed by atoms with Gasteiger partial charge in [0.1, 0.15) is 0 Å². The topological polar surface area (TPSA) is 38.0 Å². The number of hydrogen-bond acceptors (Lipinski definition) is 3. The largest absolute Gasteiger partial charge is 0.271 e. The van der Waals surface area contributed by atoms with Crippen molar-refractivity contribution >= 4 is 21.4 Å². The van der Waals surface area contributed by atoms with E-state index in [0.717, 1.165) is 0 Å². The van der Waals surface area contributed by atoms with Crippen molar-refractivity contribution in [1.29, 1.82) is 0 Å². The van der Waals surface area contributed by atoms with Gasteiger partial charge in [-0.2, -0.15) is 0 Å². The summed E-state index contributed by atoms with van der Waals surface area (Å²) in [5.41, 5.74) is 3.05. The fourth-order valence-corrected chi connectivity index (χ4v) is 3.27. The number of benzene rings is 1. The number of nitrogens with one attached hydrogen (secondary N) is 1. The maximum absolute atomic E-state index is 5.67. The molecule has 3 heteroatoms. The molecule has 0 saturated carbocycles. The van der Waals surface area contributed by atoms with Crippen molar-refractivity contribution in [3.8, 4) is 0 Å². The van der Waals surface area contributed by atoms with Gasteiger partial charge in [-0.15, -0.1) is 11.3 Å². The molecule has 0 radical (unpaired) electrons. The number of hydrazine groups is 1. The van der Waals surface area contributed by atoms with Gasteiger partial charge >= 0.3 is 0 Å². The second kappa shape index (κ2) is 4.17. The van der Waals surface area contributed by atoms with Gasteiger partial charge in [-0.3, -0.25) is 11.3 Å². The van der Waals surface area contributed by atoms with Crippen LogP contribution in [0.2, 0.25) is 0 Å². The van der Waals surface area contributed by atoms with Gasteiger partial charge in [-0.25, -0.2) is 0 Å². The summed E-state index contributed by atoms with van der Waals surface area (Å²) in [6, 6.07) is 10.9. The number of thiophene rings is 1. The summed E-state index contributed by atoms with van der Waals surface area (Å²) in [5, 5.41) is 1.30. The summed E-state index contributed by atoms with van der Waals surface area (Å²) >= 11 is 1.81. The number of rotatable bonds is 2. The average molecular weight is 234 g/mol. The highest BCUT2D eigenvalue weighted by atomic mass is 32.1. The molecule has 2 rings (SSSR count). The van der Waals surface area contributed by atoms with E-state index < -0.39 is 0 Å². The van der Waals surface area contributed by atoms with E-state index in [1.165, 1.54) is 15.0 Å². The number of fused-ring (bicyclic) bond motifs is 1. The molecule has 3 N–H and O–H groups in total. The van der Waals surface area contributed by atoms with E-state index in [2.05, 4.69) is 56.5 Å². The van der Waals surface area contributed by atoms with E-state index in [4.69, 9.17) is 5.84 Å². The van der Waals surface area contributed by atoms with Crippen LogP contribution in [0.3, 0.4) is 0 Å². The van der Waals surface area contributed by atoms with E-state index in [0.29, 0.717) is 0 Å². The van der Waals surface area contributed by atoms with Crippen LogP contribution in [0.5, 0.6) is 0 Å². The van der Waals surface area contributed by atoms with Gasteiger partial charge in [-0.05, 0) is 22.9 Å². The van der Waals surface area contributed by atoms with Crippen LogP contribution in [0.15, 0.2) is 30.3 Å². The molecule has 0 aliphatic carbocycles. The van der Waals surface area contributed by atoms with Gasteiger partial charge in [0.05, 0.1) is 6.04 Å². The average Bonchev–Trinajstić information content (AvgIpc) is 2.59. The Hall–Kier alpha value is -0.900. The molecule has 0 fully saturated rings. The lowest BCUT2D eigenvalue weighted by Crippen LogP contribution is -2.36. The predicted octanol–water partition coefficient (Wildman–Crippen LogP) is 3.45. The molecule has 1 aromatic carbocycles. The molecule has 0 aliphatic heterocycles. The van der Waals surface area contributed by atoms with Gasteiger partial charge in [0, 0.05) is 9.58 Å². The Kier molecular flexibility index (Phi) is 3.02. The highest BCUT2D eigenvalue weighted by Gasteiger charge is 2.26. The molecule has 1 atom stereocenters. The summed E-state index contributed by atoms with van der Waals surface area (Å²) in [6.07, 6.45) is 0. The van der Waals surface area contributed by atoms with Crippen LogP contribution >= 0.6 is 11.3 Å². The smallest absolute Gasteiger partial charge is 0.0601 e. The second-order valence-corrected chi connectivity index (χ2v) is 6.27. The maximum atomic E-state index is 5.67. The van der Waals surface area contributed by atoms with Gasteiger partial charge < -0.3 is 0 Å². The first-order valence-corrected chi connectivity index (χ1v) is 6.28. The third-order valence-electron chi connectivity index (χ3n) is 2.76. The Morgan fingerprint density at radius 1 is 1.25 bits per heavy atom. The van der Waals surface area contributed by atoms with Crippen LogP contribution in [-0.2, 0) is 0 Å². The maximum Gasteiger partial charge on any atom is 0.0601 e. The lowest BCUT2D eigenvalue weighted by atomic mass is 9.86. The van der Waals surface area contributed by atoms with E-state index >= 15 is 0 Å². The minimum atomic E-state index is 0.121. The van der Waals surface area contributed by atoms with Gasteiger partial charge in [0.2, 0.25) is 0 Å². The van der Waals surface area contributed by atoms with Crippen molar-refractivity contribution in [2.24, 2.45) is 11.3 Å². The minimum absolute atomic E-state index is 0.121. The molecule has 0 spiro atoms. The Morgan fingerprint density at radius 2 is 1.94 bits per heavy atom. The highest BCUT2D eigenvalue weighted by molar-refractivity contribution is 7.19. The highest BCUT2D eigenvalue weighted by Crippen LogP contribution is 2.38. The van der Waals surface area contributed by atoms with Crippen molar-refractivity contribution in [2.45, 2.75) is 26.8 Å². The van der Waals surface area contributed by atoms with Gasteiger partial charge in [-0.1, -0.05) is 39.0 Å². The van der Waals surface area contributed by atoms with E-state index in [9.17, 15) is 0 Å². The van der Waals surface area contributed by atoms with E-state index in [-0.39, 0.29) is 11.5 Å². The lowest BCUT2D eigenvalue weighted by Gasteiger charge is -2.28. The SMILES string of the molecule is CC(C)(C)C(NN)c1cc2ccccc2s1. The molecule has 1 unspecified atom stereocenters. The van der Waals surface area contributed by atoms with Crippen LogP contribution in [-0.4, -0.2) is 0 Å². The first-order chi connectivity index (χ1) is 7.52. The Bertz CT molecular complexity index is 449. The van der Waals surface area contributed by atoms with Gasteiger partial charge in [0.25, 0.3) is 0 Å². The predicted molar refractivity (Wildman–Crippen MR) is 71.3 cm³/mol. The first-order valence-electron chi connectivity index (χ1n) is 5.47. The Labute approximate surface area is 100 Å². The van der Waals surface area contributed by atoms with Crippen molar-refractivity contribution in [2.75, 3.05) is 0 Å². The monoisotopic (exact) mass is 234 g/mol. The lowest BCUT2D eigenvalue weighted by molar-refractivity contribution is 0.279. The van der Waals surface area contributed by atoms with Crippen LogP contribution in [0.1, 0.15) is 31.7 Å². The summed E-state index contributed by atoms with van der Waals surface area (Å²) in [5.74, 6) is 5.67. The third kappa shape index (κ3) is 2.12. The Balaban J connectivity index is 2.46. The molecular formula is C13H18N2S. The molecule has 0 bridgehead atoms. The normalized spacial score (nSPS) is 14.2. The minimum Gasteiger partial charge on any atom is -0.271 e. The molecule has 86 valence electrons. The van der Waals surface area contributed by atoms with Crippen LogP contribution in [0.25, 0.3) is 10.1 Å². The molecule has 1 heterocycles. The molecule has 0 aliphatic rings. The number of nitrogens with two attached hydrogens (primary N) is 1. The van der Waals surface area contributed by atoms with Crippen molar-refractivity contribution < 1.29 is 0 Å². The van der Waals surface area contributed by atoms with Crippen molar-refractivity contribution in [1.82, 2.24) is 5.43 Å². The van der Waals surface area contributed by atoms with Crippen molar-refractivity contribution in [3.63, 3.8) is 0 Å². The molecule has 2 aromatic rings. The van der Waals surface area contributed by atoms with Crippen LogP contribution in [0.4, 0.5) is 0 Å². The van der Waals surface area contributed by atoms with Crippen LogP contribution in [0, 0.1) is 5.41 Å². The summed E-state index contributed by atoms with van der Waals surface area (Å²) in [7, 11) is 0. The zero-order valence-corrected chi connectivity index (χ0v) is 10.8. The molecule has 1 aromatic heterocycles. The molecular weight excluding hydrogens is 216 g/mol. The quantitative estimate of drug-likeness (QED) is 0.617. The Morgan fingerprint density at radius 3 is 2.50 bits per heavy atom. The first kappa shape index (κ1) is 11.6. The summed E-state index contributed by atoms with van der Waals surface area (Å²) in [6.45, 7) is 6.59. The molecule has 2 nitrogen and oxygen atoms in total. The zero-order chi connectivity index (χ0) is 11.8. The third-order valence-corrected chi connectivity index (χ3v) is 3.94. The fraction of sp³-hybridized carbons (Fsp3) is 0.385.